The van der Waals surface area contributed by atoms with E-state index in [4.69, 9.17) is 5.73 Å². The Hall–Kier alpha value is -3.60. The molecule has 148 valence electrons. The molecule has 0 radical (unpaired) electrons. The maximum Gasteiger partial charge on any atom is 0.312 e. The summed E-state index contributed by atoms with van der Waals surface area (Å²) in [6.45, 7) is 2.35. The van der Waals surface area contributed by atoms with Gasteiger partial charge in [0.15, 0.2) is 0 Å². The van der Waals surface area contributed by atoms with Crippen LogP contribution in [0.25, 0.3) is 0 Å². The van der Waals surface area contributed by atoms with Gasteiger partial charge in [0.2, 0.25) is 0 Å². The molecule has 0 aliphatic rings. The van der Waals surface area contributed by atoms with Crippen LogP contribution < -0.4 is 16.4 Å². The Bertz CT molecular complexity index is 901. The van der Waals surface area contributed by atoms with E-state index in [1.54, 1.807) is 24.3 Å². The summed E-state index contributed by atoms with van der Waals surface area (Å²) in [5, 5.41) is 5.67. The van der Waals surface area contributed by atoms with Crippen molar-refractivity contribution in [3.8, 4) is 0 Å². The van der Waals surface area contributed by atoms with Crippen LogP contribution in [0.1, 0.15) is 39.9 Å². The molecule has 1 unspecified atom stereocenters. The highest BCUT2D eigenvalue weighted by atomic mass is 16.2. The summed E-state index contributed by atoms with van der Waals surface area (Å²) in [7, 11) is 0. The van der Waals surface area contributed by atoms with Crippen LogP contribution in [-0.2, 0) is 6.54 Å². The van der Waals surface area contributed by atoms with E-state index in [0.717, 1.165) is 16.7 Å². The predicted molar refractivity (Wildman–Crippen MR) is 115 cm³/mol. The van der Waals surface area contributed by atoms with E-state index in [0.29, 0.717) is 12.1 Å². The average Bonchev–Trinajstić information content (AvgIpc) is 2.74. The molecule has 0 bridgehead atoms. The Balaban J connectivity index is 1.74. The van der Waals surface area contributed by atoms with Gasteiger partial charge >= 0.3 is 6.03 Å². The van der Waals surface area contributed by atoms with Gasteiger partial charge < -0.3 is 16.4 Å². The molecule has 4 N–H and O–H groups in total. The summed E-state index contributed by atoms with van der Waals surface area (Å²) in [6, 6.07) is 26.8. The second-order valence-electron chi connectivity index (χ2n) is 6.98. The normalized spacial score (nSPS) is 11.7. The summed E-state index contributed by atoms with van der Waals surface area (Å²) in [5.74, 6) is -0.0934. The molecule has 3 amide bonds. The highest BCUT2D eigenvalue weighted by Gasteiger charge is 2.23. The number of hydrogen-bond donors (Lipinski definition) is 3. The van der Waals surface area contributed by atoms with Gasteiger partial charge in [0.1, 0.15) is 0 Å². The lowest BCUT2D eigenvalue weighted by Crippen LogP contribution is -2.37. The topological polar surface area (TPSA) is 84.2 Å². The van der Waals surface area contributed by atoms with Crippen LogP contribution in [0.4, 0.5) is 4.79 Å². The maximum atomic E-state index is 12.8. The van der Waals surface area contributed by atoms with Crippen LogP contribution in [-0.4, -0.2) is 18.0 Å². The van der Waals surface area contributed by atoms with E-state index in [9.17, 15) is 9.59 Å². The number of nitrogens with one attached hydrogen (secondary N) is 2. The van der Waals surface area contributed by atoms with Crippen molar-refractivity contribution in [3.63, 3.8) is 0 Å². The van der Waals surface area contributed by atoms with E-state index in [-0.39, 0.29) is 17.9 Å². The van der Waals surface area contributed by atoms with Crippen molar-refractivity contribution in [2.45, 2.75) is 25.4 Å². The van der Waals surface area contributed by atoms with E-state index in [2.05, 4.69) is 34.9 Å². The van der Waals surface area contributed by atoms with Crippen molar-refractivity contribution in [1.82, 2.24) is 10.6 Å². The van der Waals surface area contributed by atoms with Crippen molar-refractivity contribution in [2.24, 2.45) is 5.73 Å². The maximum absolute atomic E-state index is 12.8. The minimum absolute atomic E-state index is 0.0420. The molecule has 0 fully saturated rings. The highest BCUT2D eigenvalue weighted by molar-refractivity contribution is 5.94. The smallest absolute Gasteiger partial charge is 0.312 e. The molecule has 0 heterocycles. The van der Waals surface area contributed by atoms with Crippen LogP contribution in [0.5, 0.6) is 0 Å². The van der Waals surface area contributed by atoms with E-state index in [1.807, 2.05) is 43.3 Å². The lowest BCUT2D eigenvalue weighted by atomic mass is 9.85. The number of nitrogens with two attached hydrogens (primary N) is 1. The summed E-state index contributed by atoms with van der Waals surface area (Å²) in [5.41, 5.74) is 8.83. The van der Waals surface area contributed by atoms with Crippen LogP contribution in [0.2, 0.25) is 0 Å². The Kier molecular flexibility index (Phi) is 6.63. The number of hydrogen-bond acceptors (Lipinski definition) is 2. The van der Waals surface area contributed by atoms with Crippen molar-refractivity contribution >= 4 is 11.9 Å². The second-order valence-corrected chi connectivity index (χ2v) is 6.98. The monoisotopic (exact) mass is 387 g/mol. The van der Waals surface area contributed by atoms with Crippen LogP contribution in [0.15, 0.2) is 84.9 Å². The first-order chi connectivity index (χ1) is 14.0. The molecule has 29 heavy (non-hydrogen) atoms. The first-order valence-electron chi connectivity index (χ1n) is 9.57. The van der Waals surface area contributed by atoms with E-state index >= 15 is 0 Å². The van der Waals surface area contributed by atoms with Crippen LogP contribution in [0, 0.1) is 0 Å². The van der Waals surface area contributed by atoms with E-state index < -0.39 is 6.03 Å². The fourth-order valence-electron chi connectivity index (χ4n) is 3.43. The number of benzene rings is 3. The number of urea groups is 1. The third-order valence-corrected chi connectivity index (χ3v) is 4.86. The fraction of sp³-hybridized carbons (Fsp3) is 0.167. The molecule has 3 aromatic rings. The van der Waals surface area contributed by atoms with Gasteiger partial charge in [-0.2, -0.15) is 0 Å². The number of carbonyl (C=O) groups is 2. The fourth-order valence-corrected chi connectivity index (χ4v) is 3.43. The largest absolute Gasteiger partial charge is 0.352 e. The zero-order chi connectivity index (χ0) is 20.6. The number of rotatable bonds is 7. The third kappa shape index (κ3) is 5.45. The summed E-state index contributed by atoms with van der Waals surface area (Å²) < 4.78 is 0. The lowest BCUT2D eigenvalue weighted by Gasteiger charge is -2.26. The molecule has 1 atom stereocenters. The number of primary amides is 1. The Morgan fingerprint density at radius 3 is 1.83 bits per heavy atom. The predicted octanol–water partition coefficient (Wildman–Crippen LogP) is 3.81. The number of carbonyl (C=O) groups excluding carboxylic acids is 2. The third-order valence-electron chi connectivity index (χ3n) is 4.86. The van der Waals surface area contributed by atoms with Gasteiger partial charge in [-0.3, -0.25) is 4.79 Å². The molecule has 5 heteroatoms. The van der Waals surface area contributed by atoms with Crippen molar-refractivity contribution in [2.75, 3.05) is 0 Å². The van der Waals surface area contributed by atoms with Crippen molar-refractivity contribution < 1.29 is 9.59 Å². The van der Waals surface area contributed by atoms with Gasteiger partial charge in [0, 0.05) is 24.1 Å². The Morgan fingerprint density at radius 1 is 0.828 bits per heavy atom. The number of amides is 3. The average molecular weight is 387 g/mol. The molecule has 5 nitrogen and oxygen atoms in total. The molecular formula is C24H25N3O2. The van der Waals surface area contributed by atoms with Crippen LogP contribution in [0.3, 0.4) is 0 Å². The molecule has 0 aromatic heterocycles. The van der Waals surface area contributed by atoms with Crippen LogP contribution >= 0.6 is 0 Å². The minimum atomic E-state index is -0.575. The molecule has 0 aliphatic heterocycles. The quantitative estimate of drug-likeness (QED) is 0.576. The summed E-state index contributed by atoms with van der Waals surface area (Å²) >= 11 is 0. The van der Waals surface area contributed by atoms with Gasteiger partial charge in [0.25, 0.3) is 5.91 Å². The summed E-state index contributed by atoms with van der Waals surface area (Å²) in [6.07, 6.45) is 0. The molecule has 3 rings (SSSR count). The minimum Gasteiger partial charge on any atom is -0.352 e. The first kappa shape index (κ1) is 20.1. The molecule has 0 saturated heterocycles. The molecular weight excluding hydrogens is 362 g/mol. The highest BCUT2D eigenvalue weighted by Crippen LogP contribution is 2.28. The second kappa shape index (κ2) is 9.55. The van der Waals surface area contributed by atoms with Crippen molar-refractivity contribution in [3.05, 3.63) is 107 Å². The lowest BCUT2D eigenvalue weighted by molar-refractivity contribution is 0.0937. The summed E-state index contributed by atoms with van der Waals surface area (Å²) in [4.78, 5) is 23.6. The van der Waals surface area contributed by atoms with Gasteiger partial charge in [-0.15, -0.1) is 0 Å². The standard InChI is InChI=1S/C24H25N3O2/c1-17(22(19-8-4-2-5-9-19)20-10-6-3-7-11-20)27-23(28)21-14-12-18(13-15-21)16-26-24(25)29/h2-15,17,22H,16H2,1H3,(H,27,28)(H3,25,26,29). The van der Waals surface area contributed by atoms with Gasteiger partial charge in [-0.05, 0) is 35.7 Å². The Morgan fingerprint density at radius 2 is 1.34 bits per heavy atom. The zero-order valence-electron chi connectivity index (χ0n) is 16.3. The van der Waals surface area contributed by atoms with Gasteiger partial charge in [-0.1, -0.05) is 72.8 Å². The molecule has 0 saturated carbocycles. The zero-order valence-corrected chi connectivity index (χ0v) is 16.3. The van der Waals surface area contributed by atoms with E-state index in [1.165, 1.54) is 0 Å². The van der Waals surface area contributed by atoms with Gasteiger partial charge in [-0.25, -0.2) is 4.79 Å². The molecule has 3 aromatic carbocycles. The SMILES string of the molecule is CC(NC(=O)c1ccc(CNC(N)=O)cc1)C(c1ccccc1)c1ccccc1. The Labute approximate surface area is 170 Å². The molecule has 0 spiro atoms. The molecule has 0 aliphatic carbocycles. The first-order valence-corrected chi connectivity index (χ1v) is 9.57. The van der Waals surface area contributed by atoms with Crippen molar-refractivity contribution in [1.29, 1.82) is 0 Å². The van der Waals surface area contributed by atoms with Gasteiger partial charge in [0.05, 0.1) is 0 Å².